The van der Waals surface area contributed by atoms with Gasteiger partial charge in [0.25, 0.3) is 0 Å². The normalized spacial score (nSPS) is 24.6. The van der Waals surface area contributed by atoms with Gasteiger partial charge in [-0.15, -0.1) is 10.3 Å². The van der Waals surface area contributed by atoms with Gasteiger partial charge >= 0.3 is 5.97 Å². The van der Waals surface area contributed by atoms with E-state index >= 15 is 0 Å². The van der Waals surface area contributed by atoms with Gasteiger partial charge in [0.1, 0.15) is 12.7 Å². The first-order valence-electron chi connectivity index (χ1n) is 5.85. The van der Waals surface area contributed by atoms with E-state index in [0.717, 1.165) is 5.06 Å². The van der Waals surface area contributed by atoms with Crippen molar-refractivity contribution in [2.75, 3.05) is 13.7 Å². The van der Waals surface area contributed by atoms with E-state index in [0.29, 0.717) is 12.8 Å². The number of rotatable bonds is 3. The van der Waals surface area contributed by atoms with Crippen LogP contribution in [0.25, 0.3) is 0 Å². The second-order valence-electron chi connectivity index (χ2n) is 5.87. The molecule has 1 aliphatic rings. The van der Waals surface area contributed by atoms with Crippen molar-refractivity contribution in [3.63, 3.8) is 0 Å². The number of carbonyl (C=O) groups excluding carboxylic acids is 1. The molecule has 1 aliphatic heterocycles. The van der Waals surface area contributed by atoms with Gasteiger partial charge < -0.3 is 9.47 Å². The molecule has 0 aliphatic carbocycles. The van der Waals surface area contributed by atoms with Crippen LogP contribution in [0.1, 0.15) is 40.5 Å². The molecule has 1 heterocycles. The summed E-state index contributed by atoms with van der Waals surface area (Å²) in [4.78, 5) is 11.4. The highest BCUT2D eigenvalue weighted by Crippen LogP contribution is 2.38. The molecule has 0 atom stereocenters. The van der Waals surface area contributed by atoms with Crippen LogP contribution in [0.4, 0.5) is 0 Å². The Morgan fingerprint density at radius 3 is 2.12 bits per heavy atom. The van der Waals surface area contributed by atoms with Crippen LogP contribution >= 0.6 is 0 Å². The third-order valence-electron chi connectivity index (χ3n) is 3.11. The van der Waals surface area contributed by atoms with Gasteiger partial charge in [-0.3, -0.25) is 0 Å². The molecule has 0 aromatic heterocycles. The van der Waals surface area contributed by atoms with Crippen LogP contribution < -0.4 is 0 Å². The molecule has 0 amide bonds. The molecule has 5 nitrogen and oxygen atoms in total. The summed E-state index contributed by atoms with van der Waals surface area (Å²) in [6.45, 7) is 7.45. The van der Waals surface area contributed by atoms with Gasteiger partial charge in [0.05, 0.1) is 0 Å². The predicted octanol–water partition coefficient (Wildman–Crippen LogP) is 1.54. The molecule has 0 N–H and O–H groups in total. The smallest absolute Gasteiger partial charge is 0.332 e. The summed E-state index contributed by atoms with van der Waals surface area (Å²) in [6, 6.07) is 0. The van der Waals surface area contributed by atoms with E-state index in [1.54, 1.807) is 0 Å². The van der Waals surface area contributed by atoms with Crippen molar-refractivity contribution in [3.05, 3.63) is 0 Å². The molecule has 0 unspecified atom stereocenters. The zero-order valence-corrected chi connectivity index (χ0v) is 11.3. The van der Waals surface area contributed by atoms with E-state index in [9.17, 15) is 10.0 Å². The van der Waals surface area contributed by atoms with Crippen LogP contribution in [-0.2, 0) is 19.5 Å². The zero-order valence-electron chi connectivity index (χ0n) is 11.3. The van der Waals surface area contributed by atoms with E-state index in [-0.39, 0.29) is 18.7 Å². The van der Waals surface area contributed by atoms with Crippen molar-refractivity contribution in [3.8, 4) is 0 Å². The Bertz CT molecular complexity index is 270. The zero-order chi connectivity index (χ0) is 13.3. The molecule has 1 rings (SSSR count). The van der Waals surface area contributed by atoms with Gasteiger partial charge in [0, 0.05) is 31.0 Å². The fraction of sp³-hybridized carbons (Fsp3) is 0.917. The van der Waals surface area contributed by atoms with Crippen LogP contribution in [0.3, 0.4) is 0 Å². The molecule has 0 aromatic carbocycles. The Balaban J connectivity index is 2.68. The SMILES string of the molecule is COCC(=O)OC1CC(C)(C)N([O])C(C)(C)C1. The molecular weight excluding hydrogens is 222 g/mol. The third kappa shape index (κ3) is 3.40. The van der Waals surface area contributed by atoms with Crippen molar-refractivity contribution in [1.29, 1.82) is 0 Å². The maximum absolute atomic E-state index is 12.1. The number of esters is 1. The standard InChI is InChI=1S/C12H22NO4/c1-11(2)6-9(17-10(14)8-16-5)7-12(3,4)13(11)15/h9H,6-8H2,1-5H3. The minimum absolute atomic E-state index is 0.0432. The molecule has 0 spiro atoms. The molecule has 5 heteroatoms. The first-order chi connectivity index (χ1) is 7.69. The van der Waals surface area contributed by atoms with E-state index in [1.165, 1.54) is 7.11 Å². The fourth-order valence-electron chi connectivity index (χ4n) is 2.59. The van der Waals surface area contributed by atoms with Gasteiger partial charge in [-0.25, -0.2) is 4.79 Å². The van der Waals surface area contributed by atoms with Crippen LogP contribution in [-0.4, -0.2) is 41.9 Å². The number of hydroxylamine groups is 2. The summed E-state index contributed by atoms with van der Waals surface area (Å²) in [6.07, 6.45) is 0.887. The van der Waals surface area contributed by atoms with Crippen LogP contribution in [0.5, 0.6) is 0 Å². The quantitative estimate of drug-likeness (QED) is 0.707. The van der Waals surface area contributed by atoms with Crippen molar-refractivity contribution in [2.45, 2.75) is 57.7 Å². The number of methoxy groups -OCH3 is 1. The lowest BCUT2D eigenvalue weighted by Crippen LogP contribution is -2.60. The van der Waals surface area contributed by atoms with Crippen molar-refractivity contribution >= 4 is 5.97 Å². The second-order valence-corrected chi connectivity index (χ2v) is 5.87. The fourth-order valence-corrected chi connectivity index (χ4v) is 2.59. The number of nitrogens with zero attached hydrogens (tertiary/aromatic N) is 1. The average Bonchev–Trinajstić information content (AvgIpc) is 2.13. The second kappa shape index (κ2) is 4.92. The van der Waals surface area contributed by atoms with Gasteiger partial charge in [0.2, 0.25) is 0 Å². The molecule has 1 fully saturated rings. The highest BCUT2D eigenvalue weighted by Gasteiger charge is 2.47. The lowest BCUT2D eigenvalue weighted by Gasteiger charge is -2.49. The summed E-state index contributed by atoms with van der Waals surface area (Å²) < 4.78 is 10.0. The van der Waals surface area contributed by atoms with Crippen molar-refractivity contribution < 1.29 is 19.5 Å². The summed E-state index contributed by atoms with van der Waals surface area (Å²) in [5.41, 5.74) is -1.03. The first-order valence-corrected chi connectivity index (χ1v) is 5.85. The van der Waals surface area contributed by atoms with Gasteiger partial charge in [-0.1, -0.05) is 0 Å². The summed E-state index contributed by atoms with van der Waals surface area (Å²) in [5.74, 6) is -0.372. The Kier molecular flexibility index (Phi) is 4.17. The molecule has 0 aromatic rings. The molecular formula is C12H22NO4. The van der Waals surface area contributed by atoms with E-state index in [4.69, 9.17) is 9.47 Å². The Morgan fingerprint density at radius 1 is 1.24 bits per heavy atom. The summed E-state index contributed by atoms with van der Waals surface area (Å²) in [7, 11) is 1.45. The Hall–Kier alpha value is -0.650. The number of piperidine rings is 1. The minimum atomic E-state index is -0.514. The number of hydrogen-bond donors (Lipinski definition) is 0. The highest BCUT2D eigenvalue weighted by atomic mass is 16.6. The Labute approximate surface area is 103 Å². The predicted molar refractivity (Wildman–Crippen MR) is 61.7 cm³/mol. The summed E-state index contributed by atoms with van der Waals surface area (Å²) in [5, 5.41) is 13.2. The van der Waals surface area contributed by atoms with Crippen LogP contribution in [0.15, 0.2) is 0 Å². The number of carbonyl (C=O) groups is 1. The average molecular weight is 244 g/mol. The number of ether oxygens (including phenoxy) is 2. The third-order valence-corrected chi connectivity index (χ3v) is 3.11. The highest BCUT2D eigenvalue weighted by molar-refractivity contribution is 5.70. The molecule has 0 bridgehead atoms. The topological polar surface area (TPSA) is 58.7 Å². The number of hydrogen-bond acceptors (Lipinski definition) is 4. The van der Waals surface area contributed by atoms with E-state index in [2.05, 4.69) is 0 Å². The molecule has 1 saturated heterocycles. The van der Waals surface area contributed by atoms with Crippen molar-refractivity contribution in [1.82, 2.24) is 5.06 Å². The molecule has 1 radical (unpaired) electrons. The lowest BCUT2D eigenvalue weighted by atomic mass is 9.80. The largest absolute Gasteiger partial charge is 0.461 e. The molecule has 99 valence electrons. The maximum Gasteiger partial charge on any atom is 0.332 e. The minimum Gasteiger partial charge on any atom is -0.461 e. The molecule has 17 heavy (non-hydrogen) atoms. The van der Waals surface area contributed by atoms with Crippen LogP contribution in [0.2, 0.25) is 0 Å². The summed E-state index contributed by atoms with van der Waals surface area (Å²) >= 11 is 0. The molecule has 0 saturated carbocycles. The first kappa shape index (κ1) is 14.4. The lowest BCUT2D eigenvalue weighted by molar-refractivity contribution is -0.299. The van der Waals surface area contributed by atoms with E-state index < -0.39 is 11.1 Å². The van der Waals surface area contributed by atoms with Gasteiger partial charge in [-0.05, 0) is 27.7 Å². The van der Waals surface area contributed by atoms with Crippen molar-refractivity contribution in [2.24, 2.45) is 0 Å². The monoisotopic (exact) mass is 244 g/mol. The van der Waals surface area contributed by atoms with Crippen LogP contribution in [0, 0.1) is 0 Å². The Morgan fingerprint density at radius 2 is 1.71 bits per heavy atom. The van der Waals surface area contributed by atoms with E-state index in [1.807, 2.05) is 27.7 Å². The van der Waals surface area contributed by atoms with Gasteiger partial charge in [0.15, 0.2) is 0 Å². The maximum atomic E-state index is 12.1. The van der Waals surface area contributed by atoms with Gasteiger partial charge in [-0.2, -0.15) is 0 Å².